The van der Waals surface area contributed by atoms with Crippen LogP contribution in [0.15, 0.2) is 42.6 Å². The fourth-order valence-corrected chi connectivity index (χ4v) is 4.65. The number of aryl methyl sites for hydroxylation is 1. The number of fused-ring (bicyclic) bond motifs is 1. The SMILES string of the molecule is COc1ccc2ncc(F)c(CCCC3(C(=O)O)CCN(CC#Cc4cc(F)cc(F)c4)C3)c2c1. The maximum absolute atomic E-state index is 14.6. The standard InChI is InChI=1S/C27H25F3N2O3/c1-35-21-6-7-25-23(15-21)22(24(30)16-31-25)5-2-8-27(26(33)34)9-11-32(17-27)10-3-4-18-12-19(28)14-20(29)13-18/h6-7,12-16H,2,5,8-11,17H2,1H3,(H,33,34). The van der Waals surface area contributed by atoms with Gasteiger partial charge in [-0.3, -0.25) is 14.7 Å². The number of likely N-dealkylation sites (tertiary alicyclic amines) is 1. The first-order valence-corrected chi connectivity index (χ1v) is 11.3. The maximum Gasteiger partial charge on any atom is 0.310 e. The van der Waals surface area contributed by atoms with Crippen LogP contribution in [0.2, 0.25) is 0 Å². The van der Waals surface area contributed by atoms with Crippen LogP contribution >= 0.6 is 0 Å². The third-order valence-corrected chi connectivity index (χ3v) is 6.50. The lowest BCUT2D eigenvalue weighted by molar-refractivity contribution is -0.148. The minimum absolute atomic E-state index is 0.231. The van der Waals surface area contributed by atoms with Crippen LogP contribution in [0.4, 0.5) is 13.2 Å². The van der Waals surface area contributed by atoms with Crippen molar-refractivity contribution in [3.05, 3.63) is 71.2 Å². The van der Waals surface area contributed by atoms with Crippen LogP contribution in [0.5, 0.6) is 5.75 Å². The molecule has 1 unspecified atom stereocenters. The summed E-state index contributed by atoms with van der Waals surface area (Å²) < 4.78 is 46.5. The molecule has 2 aromatic carbocycles. The smallest absolute Gasteiger partial charge is 0.310 e. The van der Waals surface area contributed by atoms with Crippen LogP contribution in [0.3, 0.4) is 0 Å². The van der Waals surface area contributed by atoms with Crippen molar-refractivity contribution in [3.8, 4) is 17.6 Å². The number of aromatic nitrogens is 1. The Hall–Kier alpha value is -3.57. The molecule has 0 saturated carbocycles. The van der Waals surface area contributed by atoms with E-state index >= 15 is 0 Å². The van der Waals surface area contributed by atoms with Gasteiger partial charge in [-0.25, -0.2) is 13.2 Å². The summed E-state index contributed by atoms with van der Waals surface area (Å²) in [5.41, 5.74) is 0.426. The Labute approximate surface area is 201 Å². The molecule has 1 aliphatic heterocycles. The summed E-state index contributed by atoms with van der Waals surface area (Å²) in [6.45, 7) is 1.14. The number of pyridine rings is 1. The molecule has 0 amide bonds. The van der Waals surface area contributed by atoms with Gasteiger partial charge in [0.1, 0.15) is 23.2 Å². The summed E-state index contributed by atoms with van der Waals surface area (Å²) >= 11 is 0. The molecule has 182 valence electrons. The van der Waals surface area contributed by atoms with Crippen LogP contribution < -0.4 is 4.74 Å². The van der Waals surface area contributed by atoms with Crippen LogP contribution in [0.25, 0.3) is 10.9 Å². The summed E-state index contributed by atoms with van der Waals surface area (Å²) in [6.07, 6.45) is 2.89. The molecular weight excluding hydrogens is 457 g/mol. The summed E-state index contributed by atoms with van der Waals surface area (Å²) in [6, 6.07) is 8.36. The van der Waals surface area contributed by atoms with E-state index in [2.05, 4.69) is 16.8 Å². The lowest BCUT2D eigenvalue weighted by Crippen LogP contribution is -2.35. The predicted molar refractivity (Wildman–Crippen MR) is 126 cm³/mol. The number of carboxylic acids is 1. The van der Waals surface area contributed by atoms with Gasteiger partial charge in [0.15, 0.2) is 0 Å². The number of carbonyl (C=O) groups is 1. The summed E-state index contributed by atoms with van der Waals surface area (Å²) in [5, 5.41) is 10.6. The van der Waals surface area contributed by atoms with E-state index in [1.165, 1.54) is 13.3 Å². The first kappa shape index (κ1) is 24.6. The number of hydrogen-bond donors (Lipinski definition) is 1. The molecule has 0 bridgehead atoms. The molecule has 1 fully saturated rings. The van der Waals surface area contributed by atoms with E-state index < -0.39 is 28.8 Å². The van der Waals surface area contributed by atoms with E-state index in [1.807, 2.05) is 4.90 Å². The topological polar surface area (TPSA) is 62.7 Å². The summed E-state index contributed by atoms with van der Waals surface area (Å²) in [5.74, 6) is 3.50. The highest BCUT2D eigenvalue weighted by atomic mass is 19.1. The zero-order valence-electron chi connectivity index (χ0n) is 19.3. The number of methoxy groups -OCH3 is 1. The minimum atomic E-state index is -0.955. The minimum Gasteiger partial charge on any atom is -0.497 e. The largest absolute Gasteiger partial charge is 0.497 e. The monoisotopic (exact) mass is 482 g/mol. The number of carboxylic acid groups (broad SMARTS) is 1. The average Bonchev–Trinajstić information content (AvgIpc) is 3.24. The molecule has 3 aromatic rings. The molecule has 1 saturated heterocycles. The third kappa shape index (κ3) is 5.57. The van der Waals surface area contributed by atoms with E-state index in [4.69, 9.17) is 4.74 Å². The van der Waals surface area contributed by atoms with Crippen LogP contribution in [0.1, 0.15) is 30.4 Å². The zero-order chi connectivity index (χ0) is 25.0. The Morgan fingerprint density at radius 3 is 2.69 bits per heavy atom. The van der Waals surface area contributed by atoms with Gasteiger partial charge in [0.05, 0.1) is 30.8 Å². The van der Waals surface area contributed by atoms with Gasteiger partial charge in [-0.1, -0.05) is 11.8 Å². The van der Waals surface area contributed by atoms with E-state index in [9.17, 15) is 23.1 Å². The molecule has 1 aliphatic rings. The molecule has 5 nitrogen and oxygen atoms in total. The van der Waals surface area contributed by atoms with Gasteiger partial charge in [-0.2, -0.15) is 0 Å². The second-order valence-corrected chi connectivity index (χ2v) is 8.83. The van der Waals surface area contributed by atoms with Gasteiger partial charge < -0.3 is 9.84 Å². The number of aliphatic carboxylic acids is 1. The van der Waals surface area contributed by atoms with E-state index in [0.29, 0.717) is 61.0 Å². The first-order chi connectivity index (χ1) is 16.8. The molecular formula is C27H25F3N2O3. The number of benzene rings is 2. The molecule has 0 radical (unpaired) electrons. The van der Waals surface area contributed by atoms with Crippen molar-refractivity contribution in [2.45, 2.75) is 25.7 Å². The van der Waals surface area contributed by atoms with Crippen molar-refractivity contribution in [2.75, 3.05) is 26.7 Å². The molecule has 1 atom stereocenters. The number of ether oxygens (including phenoxy) is 1. The Balaban J connectivity index is 1.42. The van der Waals surface area contributed by atoms with Crippen molar-refractivity contribution in [1.82, 2.24) is 9.88 Å². The predicted octanol–water partition coefficient (Wildman–Crippen LogP) is 4.81. The summed E-state index contributed by atoms with van der Waals surface area (Å²) in [7, 11) is 1.54. The van der Waals surface area contributed by atoms with Crippen molar-refractivity contribution >= 4 is 16.9 Å². The molecule has 0 aliphatic carbocycles. The molecule has 1 N–H and O–H groups in total. The number of nitrogens with zero attached hydrogens (tertiary/aromatic N) is 2. The van der Waals surface area contributed by atoms with Gasteiger partial charge in [-0.15, -0.1) is 0 Å². The van der Waals surface area contributed by atoms with E-state index in [-0.39, 0.29) is 12.1 Å². The number of halogens is 3. The Morgan fingerprint density at radius 1 is 1.20 bits per heavy atom. The van der Waals surface area contributed by atoms with Crippen LogP contribution in [-0.2, 0) is 11.2 Å². The highest BCUT2D eigenvalue weighted by Gasteiger charge is 2.44. The second-order valence-electron chi connectivity index (χ2n) is 8.83. The van der Waals surface area contributed by atoms with Gasteiger partial charge in [0.25, 0.3) is 0 Å². The third-order valence-electron chi connectivity index (χ3n) is 6.50. The lowest BCUT2D eigenvalue weighted by atomic mass is 9.81. The number of rotatable bonds is 7. The Morgan fingerprint density at radius 2 is 1.97 bits per heavy atom. The van der Waals surface area contributed by atoms with Gasteiger partial charge in [0.2, 0.25) is 0 Å². The molecule has 8 heteroatoms. The normalized spacial score (nSPS) is 17.8. The van der Waals surface area contributed by atoms with Crippen molar-refractivity contribution < 1.29 is 27.8 Å². The maximum atomic E-state index is 14.6. The van der Waals surface area contributed by atoms with Gasteiger partial charge >= 0.3 is 5.97 Å². The van der Waals surface area contributed by atoms with Crippen molar-refractivity contribution in [2.24, 2.45) is 5.41 Å². The first-order valence-electron chi connectivity index (χ1n) is 11.3. The average molecular weight is 483 g/mol. The highest BCUT2D eigenvalue weighted by molar-refractivity contribution is 5.83. The molecule has 4 rings (SSSR count). The fraction of sp³-hybridized carbons (Fsp3) is 0.333. The lowest BCUT2D eigenvalue weighted by Gasteiger charge is -2.24. The highest BCUT2D eigenvalue weighted by Crippen LogP contribution is 2.36. The van der Waals surface area contributed by atoms with Crippen molar-refractivity contribution in [3.63, 3.8) is 0 Å². The second kappa shape index (κ2) is 10.4. The van der Waals surface area contributed by atoms with Gasteiger partial charge in [-0.05, 0) is 61.6 Å². The molecule has 35 heavy (non-hydrogen) atoms. The van der Waals surface area contributed by atoms with Gasteiger partial charge in [0, 0.05) is 30.1 Å². The summed E-state index contributed by atoms with van der Waals surface area (Å²) in [4.78, 5) is 18.2. The Kier molecular flexibility index (Phi) is 7.27. The molecule has 2 heterocycles. The molecule has 1 aromatic heterocycles. The Bertz CT molecular complexity index is 1300. The number of hydrogen-bond acceptors (Lipinski definition) is 4. The van der Waals surface area contributed by atoms with Crippen molar-refractivity contribution in [1.29, 1.82) is 0 Å². The quantitative estimate of drug-likeness (QED) is 0.490. The fourth-order valence-electron chi connectivity index (χ4n) is 4.65. The zero-order valence-corrected chi connectivity index (χ0v) is 19.3. The van der Waals surface area contributed by atoms with Crippen LogP contribution in [-0.4, -0.2) is 47.7 Å². The van der Waals surface area contributed by atoms with E-state index in [0.717, 1.165) is 18.2 Å². The molecule has 0 spiro atoms. The van der Waals surface area contributed by atoms with Crippen LogP contribution in [0, 0.1) is 34.7 Å². The van der Waals surface area contributed by atoms with E-state index in [1.54, 1.807) is 18.2 Å².